The van der Waals surface area contributed by atoms with Gasteiger partial charge in [-0.3, -0.25) is 0 Å². The van der Waals surface area contributed by atoms with Gasteiger partial charge in [-0.1, -0.05) is 55.5 Å². The number of benzene rings is 3. The monoisotopic (exact) mass is 690 g/mol. The first kappa shape index (κ1) is 38.1. The van der Waals surface area contributed by atoms with Gasteiger partial charge in [-0.25, -0.2) is 9.59 Å². The molecule has 5 atom stereocenters. The SMILES string of the molecule is COCOc1cc(OCc2ccc(OC)cc2)cc(/C=C/C[C@@H]2OC(C)(C)O[C@@H]2C(/C=C\[C@@H](C)[C@H](C)O)OC(=O)c2ccccc2)c1C(=O)O. The molecule has 0 saturated carbocycles. The number of carbonyl (C=O) groups is 2. The Balaban J connectivity index is 1.62. The fourth-order valence-corrected chi connectivity index (χ4v) is 5.26. The first-order valence-electron chi connectivity index (χ1n) is 16.3. The highest BCUT2D eigenvalue weighted by Crippen LogP contribution is 2.35. The number of hydrogen-bond donors (Lipinski definition) is 2. The van der Waals surface area contributed by atoms with E-state index in [1.165, 1.54) is 13.2 Å². The zero-order valence-electron chi connectivity index (χ0n) is 29.2. The Morgan fingerprint density at radius 1 is 0.940 bits per heavy atom. The maximum absolute atomic E-state index is 13.2. The van der Waals surface area contributed by atoms with Crippen LogP contribution in [-0.2, 0) is 25.6 Å². The molecule has 11 nitrogen and oxygen atoms in total. The van der Waals surface area contributed by atoms with Gasteiger partial charge in [0.1, 0.15) is 41.6 Å². The molecule has 0 spiro atoms. The van der Waals surface area contributed by atoms with E-state index in [-0.39, 0.29) is 37.1 Å². The van der Waals surface area contributed by atoms with Crippen molar-refractivity contribution in [1.82, 2.24) is 0 Å². The third kappa shape index (κ3) is 10.7. The fraction of sp³-hybridized carbons (Fsp3) is 0.385. The van der Waals surface area contributed by atoms with Crippen LogP contribution >= 0.6 is 0 Å². The first-order valence-corrected chi connectivity index (χ1v) is 16.3. The van der Waals surface area contributed by atoms with Crippen molar-refractivity contribution in [3.8, 4) is 17.2 Å². The van der Waals surface area contributed by atoms with E-state index in [1.807, 2.05) is 37.3 Å². The molecule has 268 valence electrons. The normalized spacial score (nSPS) is 18.9. The minimum Gasteiger partial charge on any atom is -0.497 e. The van der Waals surface area contributed by atoms with Crippen molar-refractivity contribution in [2.75, 3.05) is 21.0 Å². The van der Waals surface area contributed by atoms with Crippen LogP contribution in [0.1, 0.15) is 66.0 Å². The molecular formula is C39H46O11. The summed E-state index contributed by atoms with van der Waals surface area (Å²) < 4.78 is 40.5. The number of ether oxygens (including phenoxy) is 7. The standard InChI is InChI=1S/C39H46O11/c1-25(26(2)40)15-20-32(48-38(43)28-11-8-7-9-12-28)36-33(49-39(3,4)50-36)14-10-13-29-21-31(22-34(47-24-44-5)35(29)37(41)42)46-23-27-16-18-30(45-6)19-17-27/h7-13,15-22,25-26,32-33,36,40H,14,23-24H2,1-6H3,(H,41,42)/b13-10+,20-15-/t25-,26+,32?,33+,36-/m1/s1. The summed E-state index contributed by atoms with van der Waals surface area (Å²) in [6.07, 6.45) is 4.42. The highest BCUT2D eigenvalue weighted by atomic mass is 16.8. The van der Waals surface area contributed by atoms with Crippen LogP contribution in [0, 0.1) is 5.92 Å². The Kier molecular flexibility index (Phi) is 13.6. The molecular weight excluding hydrogens is 644 g/mol. The van der Waals surface area contributed by atoms with Gasteiger partial charge in [-0.05, 0) is 80.6 Å². The molecule has 11 heteroatoms. The number of aliphatic hydroxyl groups is 1. The van der Waals surface area contributed by atoms with Crippen LogP contribution in [0.2, 0.25) is 0 Å². The lowest BCUT2D eigenvalue weighted by Crippen LogP contribution is -2.37. The number of aromatic carboxylic acids is 1. The molecule has 1 aliphatic heterocycles. The summed E-state index contributed by atoms with van der Waals surface area (Å²) in [5, 5.41) is 20.3. The van der Waals surface area contributed by atoms with Gasteiger partial charge >= 0.3 is 11.9 Å². The highest BCUT2D eigenvalue weighted by Gasteiger charge is 2.45. The highest BCUT2D eigenvalue weighted by molar-refractivity contribution is 5.95. The number of esters is 1. The maximum Gasteiger partial charge on any atom is 0.340 e. The second-order valence-electron chi connectivity index (χ2n) is 12.4. The molecule has 0 radical (unpaired) electrons. The van der Waals surface area contributed by atoms with Crippen LogP contribution in [0.3, 0.4) is 0 Å². The van der Waals surface area contributed by atoms with Crippen molar-refractivity contribution in [3.05, 3.63) is 107 Å². The molecule has 1 aliphatic rings. The minimum absolute atomic E-state index is 0.0692. The molecule has 0 aromatic heterocycles. The quantitative estimate of drug-likeness (QED) is 0.0891. The zero-order valence-corrected chi connectivity index (χ0v) is 29.2. The molecule has 0 bridgehead atoms. The van der Waals surface area contributed by atoms with E-state index in [0.717, 1.165) is 11.3 Å². The summed E-state index contributed by atoms with van der Waals surface area (Å²) in [4.78, 5) is 25.6. The van der Waals surface area contributed by atoms with Crippen LogP contribution in [0.4, 0.5) is 0 Å². The summed E-state index contributed by atoms with van der Waals surface area (Å²) in [5.41, 5.74) is 1.53. The lowest BCUT2D eigenvalue weighted by Gasteiger charge is -2.25. The van der Waals surface area contributed by atoms with Gasteiger partial charge in [0.2, 0.25) is 0 Å². The van der Waals surface area contributed by atoms with Crippen molar-refractivity contribution < 1.29 is 53.0 Å². The molecule has 2 N–H and O–H groups in total. The fourth-order valence-electron chi connectivity index (χ4n) is 5.26. The summed E-state index contributed by atoms with van der Waals surface area (Å²) in [6, 6.07) is 19.2. The number of carbonyl (C=O) groups excluding carboxylic acids is 1. The Morgan fingerprint density at radius 2 is 1.66 bits per heavy atom. The molecule has 1 unspecified atom stereocenters. The molecule has 0 aliphatic carbocycles. The smallest absolute Gasteiger partial charge is 0.340 e. The van der Waals surface area contributed by atoms with Crippen LogP contribution < -0.4 is 14.2 Å². The van der Waals surface area contributed by atoms with E-state index in [1.54, 1.807) is 82.5 Å². The summed E-state index contributed by atoms with van der Waals surface area (Å²) in [5.74, 6) is -1.76. The van der Waals surface area contributed by atoms with Gasteiger partial charge in [-0.15, -0.1) is 0 Å². The van der Waals surface area contributed by atoms with Gasteiger partial charge in [0.15, 0.2) is 12.6 Å². The first-order chi connectivity index (χ1) is 23.9. The van der Waals surface area contributed by atoms with E-state index in [2.05, 4.69) is 0 Å². The Morgan fingerprint density at radius 3 is 2.30 bits per heavy atom. The lowest BCUT2D eigenvalue weighted by molar-refractivity contribution is -0.152. The average Bonchev–Trinajstić information content (AvgIpc) is 3.41. The van der Waals surface area contributed by atoms with Crippen molar-refractivity contribution in [2.24, 2.45) is 5.92 Å². The van der Waals surface area contributed by atoms with E-state index in [0.29, 0.717) is 16.9 Å². The number of methoxy groups -OCH3 is 2. The number of aliphatic hydroxyl groups excluding tert-OH is 1. The average molecular weight is 691 g/mol. The van der Waals surface area contributed by atoms with Gasteiger partial charge < -0.3 is 43.4 Å². The summed E-state index contributed by atoms with van der Waals surface area (Å²) >= 11 is 0. The second-order valence-corrected chi connectivity index (χ2v) is 12.4. The van der Waals surface area contributed by atoms with Crippen LogP contribution in [-0.4, -0.2) is 73.4 Å². The number of carboxylic acid groups (broad SMARTS) is 1. The van der Waals surface area contributed by atoms with Gasteiger partial charge in [0.25, 0.3) is 0 Å². The Labute approximate surface area is 293 Å². The number of carboxylic acids is 1. The minimum atomic E-state index is -1.19. The van der Waals surface area contributed by atoms with Gasteiger partial charge in [-0.2, -0.15) is 0 Å². The van der Waals surface area contributed by atoms with Gasteiger partial charge in [0, 0.05) is 13.2 Å². The van der Waals surface area contributed by atoms with Crippen LogP contribution in [0.5, 0.6) is 17.2 Å². The van der Waals surface area contributed by atoms with Crippen molar-refractivity contribution in [3.63, 3.8) is 0 Å². The van der Waals surface area contributed by atoms with E-state index >= 15 is 0 Å². The molecule has 3 aromatic rings. The van der Waals surface area contributed by atoms with Gasteiger partial charge in [0.05, 0.1) is 24.9 Å². The summed E-state index contributed by atoms with van der Waals surface area (Å²) in [6.45, 7) is 7.13. The number of rotatable bonds is 17. The number of hydrogen-bond acceptors (Lipinski definition) is 10. The van der Waals surface area contributed by atoms with Crippen molar-refractivity contribution >= 4 is 18.0 Å². The summed E-state index contributed by atoms with van der Waals surface area (Å²) in [7, 11) is 3.03. The molecule has 1 heterocycles. The Bertz CT molecular complexity index is 1610. The predicted molar refractivity (Wildman–Crippen MR) is 186 cm³/mol. The zero-order chi connectivity index (χ0) is 36.3. The largest absolute Gasteiger partial charge is 0.497 e. The molecule has 3 aromatic carbocycles. The van der Waals surface area contributed by atoms with Crippen molar-refractivity contribution in [1.29, 1.82) is 0 Å². The van der Waals surface area contributed by atoms with E-state index in [4.69, 9.17) is 33.2 Å². The van der Waals surface area contributed by atoms with Crippen LogP contribution in [0.25, 0.3) is 6.08 Å². The van der Waals surface area contributed by atoms with Crippen molar-refractivity contribution in [2.45, 2.75) is 70.9 Å². The molecule has 4 rings (SSSR count). The van der Waals surface area contributed by atoms with Crippen LogP contribution in [0.15, 0.2) is 85.0 Å². The maximum atomic E-state index is 13.2. The second kappa shape index (κ2) is 17.8. The molecule has 1 saturated heterocycles. The lowest BCUT2D eigenvalue weighted by atomic mass is 9.99. The third-order valence-electron chi connectivity index (χ3n) is 8.05. The van der Waals surface area contributed by atoms with E-state index in [9.17, 15) is 19.8 Å². The molecule has 0 amide bonds. The molecule has 1 fully saturated rings. The Hall–Kier alpha value is -4.68. The van der Waals surface area contributed by atoms with E-state index < -0.39 is 42.1 Å². The molecule has 50 heavy (non-hydrogen) atoms. The topological polar surface area (TPSA) is 139 Å². The predicted octanol–water partition coefficient (Wildman–Crippen LogP) is 6.68. The third-order valence-corrected chi connectivity index (χ3v) is 8.05.